The van der Waals surface area contributed by atoms with Crippen molar-refractivity contribution in [3.05, 3.63) is 35.4 Å². The fourth-order valence-corrected chi connectivity index (χ4v) is 1.84. The summed E-state index contributed by atoms with van der Waals surface area (Å²) < 4.78 is 88.8. The van der Waals surface area contributed by atoms with Crippen molar-refractivity contribution in [1.29, 1.82) is 5.26 Å². The second-order valence-corrected chi connectivity index (χ2v) is 4.94. The molecule has 0 aliphatic carbocycles. The molecule has 122 valence electrons. The van der Waals surface area contributed by atoms with Gasteiger partial charge in [-0.25, -0.2) is 4.39 Å². The van der Waals surface area contributed by atoms with Crippen molar-refractivity contribution in [2.45, 2.75) is 37.0 Å². The molecule has 0 radical (unpaired) electrons. The Labute approximate surface area is 120 Å². The van der Waals surface area contributed by atoms with Crippen LogP contribution in [0.25, 0.3) is 0 Å². The average Bonchev–Trinajstić information content (AvgIpc) is 2.35. The number of halogens is 7. The lowest BCUT2D eigenvalue weighted by atomic mass is 9.83. The number of alkyl halides is 7. The molecule has 9 heteroatoms. The van der Waals surface area contributed by atoms with Crippen LogP contribution in [0.2, 0.25) is 0 Å². The Morgan fingerprint density at radius 2 is 1.36 bits per heavy atom. The molecule has 1 atom stereocenters. The molecule has 0 aliphatic rings. The molecule has 0 aliphatic heterocycles. The number of nitriles is 1. The van der Waals surface area contributed by atoms with E-state index >= 15 is 0 Å². The standard InChI is InChI=1S/C13H10F7NO/c1-10(22,9-4-2-8(6-21)3-5-9)7-11(14,12(15,16)17)13(18,19)20/h2-5,22H,7H2,1H3. The SMILES string of the molecule is CC(O)(CC(F)(C(F)(F)F)C(F)(F)F)c1ccc(C#N)cc1. The van der Waals surface area contributed by atoms with Crippen molar-refractivity contribution < 1.29 is 35.8 Å². The monoisotopic (exact) mass is 329 g/mol. The van der Waals surface area contributed by atoms with E-state index in [9.17, 15) is 35.8 Å². The first-order chi connectivity index (χ1) is 9.74. The normalized spacial score (nSPS) is 16.0. The Kier molecular flexibility index (Phi) is 4.50. The summed E-state index contributed by atoms with van der Waals surface area (Å²) in [6, 6.07) is 5.79. The molecule has 0 fully saturated rings. The van der Waals surface area contributed by atoms with Gasteiger partial charge in [0.15, 0.2) is 0 Å². The van der Waals surface area contributed by atoms with Gasteiger partial charge in [-0.15, -0.1) is 0 Å². The highest BCUT2D eigenvalue weighted by Gasteiger charge is 2.73. The predicted molar refractivity (Wildman–Crippen MR) is 61.3 cm³/mol. The second kappa shape index (κ2) is 5.43. The second-order valence-electron chi connectivity index (χ2n) is 4.94. The highest BCUT2D eigenvalue weighted by molar-refractivity contribution is 5.34. The molecule has 1 aromatic carbocycles. The Bertz CT molecular complexity index is 552. The van der Waals surface area contributed by atoms with Crippen molar-refractivity contribution in [1.82, 2.24) is 0 Å². The lowest BCUT2D eigenvalue weighted by Crippen LogP contribution is -2.56. The van der Waals surface area contributed by atoms with Crippen LogP contribution in [0.15, 0.2) is 24.3 Å². The molecule has 0 aromatic heterocycles. The van der Waals surface area contributed by atoms with Crippen LogP contribution in [-0.2, 0) is 5.60 Å². The van der Waals surface area contributed by atoms with Crippen molar-refractivity contribution >= 4 is 0 Å². The highest BCUT2D eigenvalue weighted by atomic mass is 19.4. The molecule has 0 bridgehead atoms. The zero-order valence-electron chi connectivity index (χ0n) is 11.1. The zero-order valence-corrected chi connectivity index (χ0v) is 11.1. The van der Waals surface area contributed by atoms with Crippen LogP contribution < -0.4 is 0 Å². The van der Waals surface area contributed by atoms with Crippen molar-refractivity contribution in [3.63, 3.8) is 0 Å². The molecule has 1 unspecified atom stereocenters. The van der Waals surface area contributed by atoms with Gasteiger partial charge in [0, 0.05) is 6.42 Å². The van der Waals surface area contributed by atoms with E-state index in [1.54, 1.807) is 6.07 Å². The van der Waals surface area contributed by atoms with Gasteiger partial charge in [0.2, 0.25) is 0 Å². The van der Waals surface area contributed by atoms with E-state index in [1.165, 1.54) is 0 Å². The molecule has 2 nitrogen and oxygen atoms in total. The van der Waals surface area contributed by atoms with Crippen LogP contribution in [0, 0.1) is 11.3 Å². The molecule has 0 heterocycles. The summed E-state index contributed by atoms with van der Waals surface area (Å²) in [4.78, 5) is 0. The highest BCUT2D eigenvalue weighted by Crippen LogP contribution is 2.51. The number of benzene rings is 1. The van der Waals surface area contributed by atoms with Crippen LogP contribution in [0.4, 0.5) is 30.7 Å². The first-order valence-corrected chi connectivity index (χ1v) is 5.80. The Morgan fingerprint density at radius 3 is 1.68 bits per heavy atom. The Hall–Kier alpha value is -1.82. The van der Waals surface area contributed by atoms with Gasteiger partial charge < -0.3 is 5.11 Å². The van der Waals surface area contributed by atoms with E-state index in [2.05, 4.69) is 0 Å². The third-order valence-corrected chi connectivity index (χ3v) is 3.12. The van der Waals surface area contributed by atoms with Crippen molar-refractivity contribution in [2.75, 3.05) is 0 Å². The summed E-state index contributed by atoms with van der Waals surface area (Å²) in [5.74, 6) is 0. The van der Waals surface area contributed by atoms with E-state index in [-0.39, 0.29) is 11.1 Å². The van der Waals surface area contributed by atoms with Crippen LogP contribution in [0.1, 0.15) is 24.5 Å². The molecule has 0 saturated carbocycles. The predicted octanol–water partition coefficient (Wildman–Crippen LogP) is 3.99. The smallest absolute Gasteiger partial charge is 0.385 e. The van der Waals surface area contributed by atoms with Gasteiger partial charge in [-0.3, -0.25) is 0 Å². The van der Waals surface area contributed by atoms with E-state index in [0.717, 1.165) is 24.3 Å². The van der Waals surface area contributed by atoms with Gasteiger partial charge in [-0.05, 0) is 24.6 Å². The first-order valence-electron chi connectivity index (χ1n) is 5.80. The Balaban J connectivity index is 3.24. The summed E-state index contributed by atoms with van der Waals surface area (Å²) in [7, 11) is 0. The molecule has 22 heavy (non-hydrogen) atoms. The molecule has 1 rings (SSSR count). The van der Waals surface area contributed by atoms with Gasteiger partial charge in [0.25, 0.3) is 0 Å². The molecule has 1 N–H and O–H groups in total. The topological polar surface area (TPSA) is 44.0 Å². The van der Waals surface area contributed by atoms with Crippen LogP contribution >= 0.6 is 0 Å². The minimum atomic E-state index is -6.23. The maximum Gasteiger partial charge on any atom is 0.431 e. The lowest BCUT2D eigenvalue weighted by molar-refractivity contribution is -0.352. The number of aliphatic hydroxyl groups is 1. The third-order valence-electron chi connectivity index (χ3n) is 3.12. The number of rotatable bonds is 3. The summed E-state index contributed by atoms with van der Waals surface area (Å²) >= 11 is 0. The van der Waals surface area contributed by atoms with E-state index < -0.39 is 30.0 Å². The van der Waals surface area contributed by atoms with Crippen molar-refractivity contribution in [2.24, 2.45) is 0 Å². The zero-order chi connectivity index (χ0) is 17.4. The van der Waals surface area contributed by atoms with Gasteiger partial charge in [0.1, 0.15) is 0 Å². The van der Waals surface area contributed by atoms with Gasteiger partial charge in [-0.2, -0.15) is 31.6 Å². The summed E-state index contributed by atoms with van der Waals surface area (Å²) in [5.41, 5.74) is -8.59. The lowest BCUT2D eigenvalue weighted by Gasteiger charge is -2.36. The number of nitrogens with zero attached hydrogens (tertiary/aromatic N) is 1. The Morgan fingerprint density at radius 1 is 0.955 bits per heavy atom. The van der Waals surface area contributed by atoms with Gasteiger partial charge in [-0.1, -0.05) is 12.1 Å². The van der Waals surface area contributed by atoms with Crippen LogP contribution in [0.5, 0.6) is 0 Å². The molecule has 0 saturated heterocycles. The van der Waals surface area contributed by atoms with Gasteiger partial charge >= 0.3 is 18.0 Å². The largest absolute Gasteiger partial charge is 0.431 e. The number of hydrogen-bond acceptors (Lipinski definition) is 2. The minimum absolute atomic E-state index is 0.0812. The summed E-state index contributed by atoms with van der Waals surface area (Å²) in [6.07, 6.45) is -14.7. The minimum Gasteiger partial charge on any atom is -0.385 e. The molecular formula is C13H10F7NO. The van der Waals surface area contributed by atoms with E-state index in [1.807, 2.05) is 0 Å². The van der Waals surface area contributed by atoms with Crippen molar-refractivity contribution in [3.8, 4) is 6.07 Å². The average molecular weight is 329 g/mol. The maximum atomic E-state index is 13.7. The molecule has 0 spiro atoms. The van der Waals surface area contributed by atoms with Crippen LogP contribution in [0.3, 0.4) is 0 Å². The maximum absolute atomic E-state index is 13.7. The summed E-state index contributed by atoms with van der Waals surface area (Å²) in [5, 5.41) is 18.4. The summed E-state index contributed by atoms with van der Waals surface area (Å²) in [6.45, 7) is 0.639. The quantitative estimate of drug-likeness (QED) is 0.852. The van der Waals surface area contributed by atoms with Gasteiger partial charge in [0.05, 0.1) is 17.2 Å². The molecular weight excluding hydrogens is 319 g/mol. The first kappa shape index (κ1) is 18.2. The fraction of sp³-hybridized carbons (Fsp3) is 0.462. The molecule has 0 amide bonds. The fourth-order valence-electron chi connectivity index (χ4n) is 1.84. The van der Waals surface area contributed by atoms with E-state index in [0.29, 0.717) is 6.92 Å². The van der Waals surface area contributed by atoms with E-state index in [4.69, 9.17) is 5.26 Å². The third kappa shape index (κ3) is 3.32. The molecule has 1 aromatic rings. The van der Waals surface area contributed by atoms with Crippen LogP contribution in [-0.4, -0.2) is 23.1 Å². The number of hydrogen-bond donors (Lipinski definition) is 1.